The molecule has 582 valence electrons. The van der Waals surface area contributed by atoms with Crippen molar-refractivity contribution in [3.8, 4) is 0 Å². The number of esters is 4. The molecular formula is C79H154O17P2. The average molecular weight is 1440 g/mol. The molecule has 3 N–H and O–H groups in total. The zero-order valence-electron chi connectivity index (χ0n) is 63.9. The first-order valence-electron chi connectivity index (χ1n) is 41.2. The Balaban J connectivity index is 5.12. The molecule has 0 aliphatic rings. The first-order valence-corrected chi connectivity index (χ1v) is 44.2. The summed E-state index contributed by atoms with van der Waals surface area (Å²) in [6.07, 6.45) is 62.8. The fourth-order valence-electron chi connectivity index (χ4n) is 12.2. The number of carbonyl (C=O) groups excluding carboxylic acids is 4. The Bertz CT molecular complexity index is 1880. The summed E-state index contributed by atoms with van der Waals surface area (Å²) in [4.78, 5) is 72.7. The second-order valence-corrected chi connectivity index (χ2v) is 31.6. The molecule has 0 aromatic rings. The van der Waals surface area contributed by atoms with Gasteiger partial charge in [-0.1, -0.05) is 369 Å². The number of unbranched alkanes of at least 4 members (excludes halogenated alkanes) is 50. The van der Waals surface area contributed by atoms with Crippen molar-refractivity contribution in [1.29, 1.82) is 0 Å². The number of aliphatic hydroxyl groups is 1. The number of ether oxygens (including phenoxy) is 4. The van der Waals surface area contributed by atoms with E-state index in [0.717, 1.165) is 102 Å². The topological polar surface area (TPSA) is 237 Å². The largest absolute Gasteiger partial charge is 0.472 e. The average Bonchev–Trinajstić information content (AvgIpc) is 1.13. The van der Waals surface area contributed by atoms with E-state index < -0.39 is 97.5 Å². The van der Waals surface area contributed by atoms with Crippen LogP contribution in [0.5, 0.6) is 0 Å². The van der Waals surface area contributed by atoms with Crippen LogP contribution in [0.1, 0.15) is 420 Å². The molecule has 17 nitrogen and oxygen atoms in total. The molecule has 0 aromatic carbocycles. The first-order chi connectivity index (χ1) is 47.6. The Morgan fingerprint density at radius 2 is 0.490 bits per heavy atom. The van der Waals surface area contributed by atoms with Crippen molar-refractivity contribution in [2.45, 2.75) is 438 Å². The van der Waals surface area contributed by atoms with Crippen LogP contribution in [0.4, 0.5) is 0 Å². The Labute approximate surface area is 600 Å². The monoisotopic (exact) mass is 1440 g/mol. The van der Waals surface area contributed by atoms with Crippen LogP contribution in [-0.2, 0) is 65.4 Å². The Hall–Kier alpha value is -1.94. The lowest BCUT2D eigenvalue weighted by molar-refractivity contribution is -0.161. The molecule has 0 heterocycles. The summed E-state index contributed by atoms with van der Waals surface area (Å²) in [6, 6.07) is 0. The normalized spacial score (nSPS) is 14.2. The molecule has 0 spiro atoms. The van der Waals surface area contributed by atoms with Crippen molar-refractivity contribution in [3.63, 3.8) is 0 Å². The van der Waals surface area contributed by atoms with Gasteiger partial charge in [-0.05, 0) is 31.6 Å². The van der Waals surface area contributed by atoms with Gasteiger partial charge in [0.25, 0.3) is 0 Å². The maximum absolute atomic E-state index is 13.1. The first kappa shape index (κ1) is 96.1. The van der Waals surface area contributed by atoms with Crippen LogP contribution in [0.3, 0.4) is 0 Å². The molecule has 19 heteroatoms. The van der Waals surface area contributed by atoms with E-state index in [0.29, 0.717) is 25.7 Å². The molecule has 0 amide bonds. The summed E-state index contributed by atoms with van der Waals surface area (Å²) in [6.45, 7) is 7.29. The number of aliphatic hydroxyl groups excluding tert-OH is 1. The molecule has 0 saturated heterocycles. The van der Waals surface area contributed by atoms with E-state index in [1.165, 1.54) is 238 Å². The smallest absolute Gasteiger partial charge is 0.462 e. The quantitative estimate of drug-likeness (QED) is 0.0222. The van der Waals surface area contributed by atoms with Crippen LogP contribution in [0.25, 0.3) is 0 Å². The van der Waals surface area contributed by atoms with Crippen LogP contribution in [0.15, 0.2) is 0 Å². The summed E-state index contributed by atoms with van der Waals surface area (Å²) >= 11 is 0. The number of phosphoric ester groups is 2. The third-order valence-electron chi connectivity index (χ3n) is 18.9. The van der Waals surface area contributed by atoms with Gasteiger partial charge in [0.15, 0.2) is 12.2 Å². The Morgan fingerprint density at radius 1 is 0.286 bits per heavy atom. The van der Waals surface area contributed by atoms with Gasteiger partial charge in [0, 0.05) is 25.7 Å². The third-order valence-corrected chi connectivity index (χ3v) is 20.8. The molecule has 0 aromatic heterocycles. The number of rotatable bonds is 79. The molecule has 0 radical (unpaired) electrons. The van der Waals surface area contributed by atoms with Crippen molar-refractivity contribution in [3.05, 3.63) is 0 Å². The molecule has 6 atom stereocenters. The summed E-state index contributed by atoms with van der Waals surface area (Å²) < 4.78 is 68.4. The van der Waals surface area contributed by atoms with Gasteiger partial charge in [0.05, 0.1) is 26.4 Å². The number of phosphoric acid groups is 2. The van der Waals surface area contributed by atoms with Crippen molar-refractivity contribution >= 4 is 39.5 Å². The highest BCUT2D eigenvalue weighted by Crippen LogP contribution is 2.45. The van der Waals surface area contributed by atoms with Crippen molar-refractivity contribution in [2.75, 3.05) is 39.6 Å². The highest BCUT2D eigenvalue weighted by atomic mass is 31.2. The molecule has 0 fully saturated rings. The van der Waals surface area contributed by atoms with Crippen LogP contribution < -0.4 is 0 Å². The van der Waals surface area contributed by atoms with E-state index in [1.54, 1.807) is 0 Å². The van der Waals surface area contributed by atoms with Crippen molar-refractivity contribution in [2.24, 2.45) is 5.92 Å². The lowest BCUT2D eigenvalue weighted by Gasteiger charge is -2.21. The van der Waals surface area contributed by atoms with Crippen LogP contribution in [-0.4, -0.2) is 96.7 Å². The molecule has 0 bridgehead atoms. The Kier molecular flexibility index (Phi) is 70.6. The van der Waals surface area contributed by atoms with Crippen LogP contribution in [0.2, 0.25) is 0 Å². The van der Waals surface area contributed by atoms with Gasteiger partial charge in [0.1, 0.15) is 19.3 Å². The molecule has 0 aliphatic carbocycles. The molecule has 0 rings (SSSR count). The fraction of sp³-hybridized carbons (Fsp3) is 0.949. The zero-order valence-corrected chi connectivity index (χ0v) is 65.7. The highest BCUT2D eigenvalue weighted by Gasteiger charge is 2.30. The van der Waals surface area contributed by atoms with Crippen LogP contribution in [0, 0.1) is 5.92 Å². The fourth-order valence-corrected chi connectivity index (χ4v) is 13.8. The molecular weight excluding hydrogens is 1280 g/mol. The number of hydrogen-bond donors (Lipinski definition) is 3. The van der Waals surface area contributed by atoms with Gasteiger partial charge in [-0.3, -0.25) is 37.3 Å². The maximum Gasteiger partial charge on any atom is 0.472 e. The van der Waals surface area contributed by atoms with Gasteiger partial charge >= 0.3 is 39.5 Å². The maximum atomic E-state index is 13.1. The predicted octanol–water partition coefficient (Wildman–Crippen LogP) is 23.6. The van der Waals surface area contributed by atoms with Crippen LogP contribution >= 0.6 is 15.6 Å². The minimum atomic E-state index is -4.96. The summed E-state index contributed by atoms with van der Waals surface area (Å²) in [5.41, 5.74) is 0. The van der Waals surface area contributed by atoms with Crippen molar-refractivity contribution in [1.82, 2.24) is 0 Å². The summed E-state index contributed by atoms with van der Waals surface area (Å²) in [5.74, 6) is -1.27. The summed E-state index contributed by atoms with van der Waals surface area (Å²) in [5, 5.41) is 10.6. The minimum absolute atomic E-state index is 0.108. The minimum Gasteiger partial charge on any atom is -0.462 e. The Morgan fingerprint density at radius 3 is 0.724 bits per heavy atom. The highest BCUT2D eigenvalue weighted by molar-refractivity contribution is 7.47. The van der Waals surface area contributed by atoms with E-state index in [4.69, 9.17) is 37.0 Å². The molecule has 0 saturated carbocycles. The zero-order chi connectivity index (χ0) is 71.9. The van der Waals surface area contributed by atoms with Gasteiger partial charge < -0.3 is 33.8 Å². The van der Waals surface area contributed by atoms with Gasteiger partial charge in [0.2, 0.25) is 0 Å². The molecule has 98 heavy (non-hydrogen) atoms. The van der Waals surface area contributed by atoms with E-state index in [9.17, 15) is 43.2 Å². The van der Waals surface area contributed by atoms with Crippen molar-refractivity contribution < 1.29 is 80.2 Å². The molecule has 0 aliphatic heterocycles. The second-order valence-electron chi connectivity index (χ2n) is 28.7. The van der Waals surface area contributed by atoms with E-state index in [1.807, 2.05) is 0 Å². The van der Waals surface area contributed by atoms with Gasteiger partial charge in [-0.25, -0.2) is 9.13 Å². The lowest BCUT2D eigenvalue weighted by atomic mass is 9.99. The second kappa shape index (κ2) is 72.0. The number of hydrogen-bond acceptors (Lipinski definition) is 15. The van der Waals surface area contributed by atoms with Gasteiger partial charge in [-0.2, -0.15) is 0 Å². The predicted molar refractivity (Wildman–Crippen MR) is 400 cm³/mol. The van der Waals surface area contributed by atoms with Gasteiger partial charge in [-0.15, -0.1) is 0 Å². The molecule has 3 unspecified atom stereocenters. The third kappa shape index (κ3) is 71.1. The summed E-state index contributed by atoms with van der Waals surface area (Å²) in [7, 11) is -9.91. The lowest BCUT2D eigenvalue weighted by Crippen LogP contribution is -2.30. The van der Waals surface area contributed by atoms with E-state index in [2.05, 4.69) is 34.6 Å². The van der Waals surface area contributed by atoms with E-state index >= 15 is 0 Å². The standard InChI is InChI=1S/C79H154O17P2/c1-6-10-13-16-18-20-22-24-26-28-30-31-36-40-44-48-53-58-63-77(82)90-69-75(96-79(84)65-60-55-50-46-42-38-34-33-35-39-43-47-52-56-61-72(5)9-4)71-94-98(87,88)92-67-73(80)66-91-97(85,86)93-70-74(68-89-76(81)62-57-51-15-12-8-3)95-78(83)64-59-54-49-45-41-37-32-29-27-25-23-21-19-17-14-11-7-2/h72-75,80H,6-71H2,1-5H3,(H,85,86)(H,87,88)/t72?,73-,74+,75+/m0/s1. The SMILES string of the molecule is CCCCCCCCCCCCCCCCCCCCC(=O)OC[C@H](COP(=O)(O)OC[C@@H](O)COP(=O)(O)OC[C@@H](COC(=O)CCCCCCC)OC(=O)CCCCCCCCCCCCCCCCCCC)OC(=O)CCCCCCCCCCCCCCCCC(C)CC. The van der Waals surface area contributed by atoms with E-state index in [-0.39, 0.29) is 25.7 Å². The number of carbonyl (C=O) groups is 4.